The molecule has 9 aromatic carbocycles. The maximum atomic E-state index is 6.61. The van der Waals surface area contributed by atoms with Crippen LogP contribution in [-0.4, -0.2) is 15.0 Å². The number of fused-ring (bicyclic) bond motifs is 6. The Balaban J connectivity index is 1.04. The molecule has 0 radical (unpaired) electrons. The number of anilines is 3. The Kier molecular flexibility index (Phi) is 8.71. The highest BCUT2D eigenvalue weighted by atomic mass is 16.3. The third-order valence-electron chi connectivity index (χ3n) is 11.7. The van der Waals surface area contributed by atoms with E-state index >= 15 is 0 Å². The average molecular weight is 809 g/mol. The van der Waals surface area contributed by atoms with E-state index in [1.807, 2.05) is 84.9 Å². The van der Waals surface area contributed by atoms with E-state index in [-0.39, 0.29) is 0 Å². The van der Waals surface area contributed by atoms with Crippen molar-refractivity contribution in [3.63, 3.8) is 0 Å². The topological polar surface area (TPSA) is 68.2 Å². The van der Waals surface area contributed by atoms with Gasteiger partial charge in [-0.05, 0) is 59.7 Å². The summed E-state index contributed by atoms with van der Waals surface area (Å²) in [4.78, 5) is 17.5. The molecule has 0 bridgehead atoms. The first kappa shape index (κ1) is 36.3. The molecule has 0 aliphatic heterocycles. The maximum absolute atomic E-state index is 6.61. The van der Waals surface area contributed by atoms with Crippen molar-refractivity contribution >= 4 is 60.9 Å². The lowest BCUT2D eigenvalue weighted by Crippen LogP contribution is -2.11. The first-order chi connectivity index (χ1) is 31.2. The van der Waals surface area contributed by atoms with E-state index in [0.717, 1.165) is 99.9 Å². The van der Waals surface area contributed by atoms with Crippen LogP contribution in [0.15, 0.2) is 227 Å². The molecule has 6 nitrogen and oxygen atoms in total. The lowest BCUT2D eigenvalue weighted by atomic mass is 9.99. The summed E-state index contributed by atoms with van der Waals surface area (Å²) in [6.45, 7) is 0. The first-order valence-electron chi connectivity index (χ1n) is 21.0. The summed E-state index contributed by atoms with van der Waals surface area (Å²) in [5.74, 6) is 1.78. The second kappa shape index (κ2) is 15.1. The van der Waals surface area contributed by atoms with Gasteiger partial charge in [0.2, 0.25) is 0 Å². The van der Waals surface area contributed by atoms with E-state index in [9.17, 15) is 0 Å². The zero-order valence-corrected chi connectivity index (χ0v) is 33.9. The molecule has 3 aromatic heterocycles. The van der Waals surface area contributed by atoms with Crippen LogP contribution in [-0.2, 0) is 0 Å². The van der Waals surface area contributed by atoms with Crippen molar-refractivity contribution in [3.8, 4) is 56.4 Å². The highest BCUT2D eigenvalue weighted by molar-refractivity contribution is 6.13. The van der Waals surface area contributed by atoms with E-state index in [4.69, 9.17) is 23.8 Å². The Labute approximate surface area is 363 Å². The quantitative estimate of drug-likeness (QED) is 0.152. The minimum atomic E-state index is 0.572. The minimum Gasteiger partial charge on any atom is -0.456 e. The second-order valence-electron chi connectivity index (χ2n) is 15.5. The molecule has 12 rings (SSSR count). The smallest absolute Gasteiger partial charge is 0.164 e. The summed E-state index contributed by atoms with van der Waals surface area (Å²) >= 11 is 0. The van der Waals surface area contributed by atoms with Crippen LogP contribution in [0.5, 0.6) is 0 Å². The van der Waals surface area contributed by atoms with Crippen molar-refractivity contribution in [1.29, 1.82) is 0 Å². The summed E-state index contributed by atoms with van der Waals surface area (Å²) in [5.41, 5.74) is 13.4. The van der Waals surface area contributed by atoms with Crippen molar-refractivity contribution in [2.24, 2.45) is 0 Å². The lowest BCUT2D eigenvalue weighted by Gasteiger charge is -2.28. The maximum Gasteiger partial charge on any atom is 0.164 e. The molecular formula is C57H36N4O2. The number of para-hydroxylation sites is 3. The average Bonchev–Trinajstić information content (AvgIpc) is 3.94. The predicted molar refractivity (Wildman–Crippen MR) is 256 cm³/mol. The third kappa shape index (κ3) is 6.40. The SMILES string of the molecule is c1ccc(-c2nc(-c3ccccc3)nc(-c3cccc4oc5ccc(N(c6ccc(-c7cccc8c7oc7ccccc78)cc6)c6ccccc6-c6ccccc6)cc5c34)n2)cc1. The molecule has 0 fully saturated rings. The van der Waals surface area contributed by atoms with Gasteiger partial charge in [-0.3, -0.25) is 0 Å². The fourth-order valence-electron chi connectivity index (χ4n) is 8.79. The van der Waals surface area contributed by atoms with Crippen LogP contribution in [0.25, 0.3) is 100 Å². The molecule has 0 atom stereocenters. The van der Waals surface area contributed by atoms with E-state index in [2.05, 4.69) is 138 Å². The van der Waals surface area contributed by atoms with Gasteiger partial charge in [0.1, 0.15) is 22.3 Å². The fraction of sp³-hybridized carbons (Fsp3) is 0. The highest BCUT2D eigenvalue weighted by Crippen LogP contribution is 2.45. The van der Waals surface area contributed by atoms with Gasteiger partial charge in [-0.1, -0.05) is 170 Å². The molecule has 0 unspecified atom stereocenters. The largest absolute Gasteiger partial charge is 0.456 e. The number of aromatic nitrogens is 3. The number of furan rings is 2. The van der Waals surface area contributed by atoms with Crippen molar-refractivity contribution < 1.29 is 8.83 Å². The van der Waals surface area contributed by atoms with Crippen LogP contribution in [0.2, 0.25) is 0 Å². The standard InChI is InChI=1S/C57H36N4O2/c1-4-16-37(17-5-1)43-22-10-12-27-49(43)61(41-32-30-38(31-33-41)44-24-14-25-46-45-23-11-13-28-50(45)63-54(44)46)42-34-35-51-48(36-42)53-47(26-15-29-52(53)62-51)57-59-55(39-18-6-2-7-19-39)58-56(60-57)40-20-8-3-9-21-40/h1-36H. The van der Waals surface area contributed by atoms with Gasteiger partial charge in [-0.25, -0.2) is 15.0 Å². The Bertz CT molecular complexity index is 3560. The summed E-state index contributed by atoms with van der Waals surface area (Å²) in [6, 6.07) is 75.2. The molecule has 296 valence electrons. The van der Waals surface area contributed by atoms with Crippen LogP contribution in [0, 0.1) is 0 Å². The highest BCUT2D eigenvalue weighted by Gasteiger charge is 2.22. The number of nitrogens with zero attached hydrogens (tertiary/aromatic N) is 4. The van der Waals surface area contributed by atoms with Gasteiger partial charge in [0, 0.05) is 60.7 Å². The summed E-state index contributed by atoms with van der Waals surface area (Å²) in [6.07, 6.45) is 0. The summed E-state index contributed by atoms with van der Waals surface area (Å²) < 4.78 is 13.1. The Morgan fingerprint density at radius 1 is 0.317 bits per heavy atom. The van der Waals surface area contributed by atoms with Gasteiger partial charge in [-0.2, -0.15) is 0 Å². The Hall–Kier alpha value is -8.61. The lowest BCUT2D eigenvalue weighted by molar-refractivity contribution is 0.669. The predicted octanol–water partition coefficient (Wildman–Crippen LogP) is 15.5. The van der Waals surface area contributed by atoms with Crippen molar-refractivity contribution in [2.75, 3.05) is 4.90 Å². The molecule has 0 saturated carbocycles. The number of rotatable bonds is 8. The van der Waals surface area contributed by atoms with Gasteiger partial charge < -0.3 is 13.7 Å². The molecule has 12 aromatic rings. The van der Waals surface area contributed by atoms with Crippen LogP contribution >= 0.6 is 0 Å². The Morgan fingerprint density at radius 3 is 1.59 bits per heavy atom. The van der Waals surface area contributed by atoms with Gasteiger partial charge in [-0.15, -0.1) is 0 Å². The molecule has 0 N–H and O–H groups in total. The van der Waals surface area contributed by atoms with E-state index in [1.54, 1.807) is 0 Å². The number of benzene rings is 9. The molecule has 0 amide bonds. The molecule has 63 heavy (non-hydrogen) atoms. The van der Waals surface area contributed by atoms with Gasteiger partial charge in [0.05, 0.1) is 5.69 Å². The van der Waals surface area contributed by atoms with Gasteiger partial charge in [0.15, 0.2) is 17.5 Å². The third-order valence-corrected chi connectivity index (χ3v) is 11.7. The zero-order valence-electron chi connectivity index (χ0n) is 33.9. The van der Waals surface area contributed by atoms with Crippen LogP contribution in [0.1, 0.15) is 0 Å². The van der Waals surface area contributed by atoms with E-state index < -0.39 is 0 Å². The molecule has 0 spiro atoms. The summed E-state index contributed by atoms with van der Waals surface area (Å²) in [5, 5.41) is 4.11. The normalized spacial score (nSPS) is 11.5. The van der Waals surface area contributed by atoms with Crippen LogP contribution in [0.4, 0.5) is 17.1 Å². The fourth-order valence-corrected chi connectivity index (χ4v) is 8.79. The molecule has 3 heterocycles. The number of hydrogen-bond acceptors (Lipinski definition) is 6. The monoisotopic (exact) mass is 808 g/mol. The van der Waals surface area contributed by atoms with Crippen molar-refractivity contribution in [2.45, 2.75) is 0 Å². The molecule has 0 saturated heterocycles. The van der Waals surface area contributed by atoms with E-state index in [1.165, 1.54) is 0 Å². The van der Waals surface area contributed by atoms with Crippen LogP contribution < -0.4 is 4.90 Å². The minimum absolute atomic E-state index is 0.572. The number of hydrogen-bond donors (Lipinski definition) is 0. The molecular weight excluding hydrogens is 773 g/mol. The molecule has 0 aliphatic rings. The summed E-state index contributed by atoms with van der Waals surface area (Å²) in [7, 11) is 0. The van der Waals surface area contributed by atoms with E-state index in [0.29, 0.717) is 17.5 Å². The van der Waals surface area contributed by atoms with Gasteiger partial charge in [0.25, 0.3) is 0 Å². The molecule has 0 aliphatic carbocycles. The second-order valence-corrected chi connectivity index (χ2v) is 15.5. The first-order valence-corrected chi connectivity index (χ1v) is 21.0. The van der Waals surface area contributed by atoms with Gasteiger partial charge >= 0.3 is 0 Å². The molecule has 6 heteroatoms. The van der Waals surface area contributed by atoms with Crippen molar-refractivity contribution in [3.05, 3.63) is 218 Å². The zero-order chi connectivity index (χ0) is 41.7. The van der Waals surface area contributed by atoms with Crippen LogP contribution in [0.3, 0.4) is 0 Å². The Morgan fingerprint density at radius 2 is 0.841 bits per heavy atom. The van der Waals surface area contributed by atoms with Crippen molar-refractivity contribution in [1.82, 2.24) is 15.0 Å².